The molecule has 1 aromatic rings. The van der Waals surface area contributed by atoms with Crippen LogP contribution >= 0.6 is 12.4 Å². The average molecular weight is 228 g/mol. The fourth-order valence-corrected chi connectivity index (χ4v) is 2.01. The molecule has 2 rings (SSSR count). The van der Waals surface area contributed by atoms with Crippen LogP contribution in [0.25, 0.3) is 0 Å². The van der Waals surface area contributed by atoms with E-state index in [9.17, 15) is 4.79 Å². The van der Waals surface area contributed by atoms with Crippen molar-refractivity contribution in [3.8, 4) is 0 Å². The third kappa shape index (κ3) is 2.07. The lowest BCUT2D eigenvalue weighted by Crippen LogP contribution is -2.16. The van der Waals surface area contributed by atoms with Gasteiger partial charge >= 0.3 is 5.97 Å². The number of carbonyl (C=O) groups is 1. The van der Waals surface area contributed by atoms with Crippen LogP contribution in [0.4, 0.5) is 5.69 Å². The van der Waals surface area contributed by atoms with E-state index in [4.69, 9.17) is 10.5 Å². The van der Waals surface area contributed by atoms with E-state index in [-0.39, 0.29) is 24.3 Å². The van der Waals surface area contributed by atoms with Crippen LogP contribution in [0.2, 0.25) is 0 Å². The maximum absolute atomic E-state index is 11.3. The molecule has 0 aliphatic heterocycles. The molecule has 15 heavy (non-hydrogen) atoms. The first-order valence-electron chi connectivity index (χ1n) is 4.66. The minimum absolute atomic E-state index is 0. The lowest BCUT2D eigenvalue weighted by atomic mass is 10.1. The van der Waals surface area contributed by atoms with Crippen molar-refractivity contribution in [3.05, 3.63) is 29.3 Å². The Hall–Kier alpha value is -1.22. The number of esters is 1. The van der Waals surface area contributed by atoms with Gasteiger partial charge in [-0.15, -0.1) is 12.4 Å². The van der Waals surface area contributed by atoms with Crippen molar-refractivity contribution in [1.29, 1.82) is 0 Å². The maximum Gasteiger partial charge on any atom is 0.309 e. The zero-order chi connectivity index (χ0) is 10.1. The summed E-state index contributed by atoms with van der Waals surface area (Å²) in [4.78, 5) is 11.3. The second-order valence-corrected chi connectivity index (χ2v) is 3.61. The van der Waals surface area contributed by atoms with E-state index in [0.29, 0.717) is 6.42 Å². The van der Waals surface area contributed by atoms with Crippen molar-refractivity contribution in [3.63, 3.8) is 0 Å². The van der Waals surface area contributed by atoms with Crippen molar-refractivity contribution in [2.24, 2.45) is 5.92 Å². The Morgan fingerprint density at radius 2 is 2.20 bits per heavy atom. The normalized spacial score (nSPS) is 17.8. The summed E-state index contributed by atoms with van der Waals surface area (Å²) in [6, 6.07) is 5.82. The quantitative estimate of drug-likeness (QED) is 0.586. The van der Waals surface area contributed by atoms with Gasteiger partial charge in [0.05, 0.1) is 13.0 Å². The van der Waals surface area contributed by atoms with Gasteiger partial charge in [0.25, 0.3) is 0 Å². The Bertz CT molecular complexity index is 379. The maximum atomic E-state index is 11.3. The lowest BCUT2D eigenvalue weighted by molar-refractivity contribution is -0.145. The number of fused-ring (bicyclic) bond motifs is 1. The molecule has 1 aliphatic carbocycles. The van der Waals surface area contributed by atoms with Gasteiger partial charge in [-0.25, -0.2) is 0 Å². The molecule has 0 unspecified atom stereocenters. The minimum Gasteiger partial charge on any atom is -0.469 e. The largest absolute Gasteiger partial charge is 0.469 e. The van der Waals surface area contributed by atoms with Crippen molar-refractivity contribution in [2.45, 2.75) is 12.8 Å². The van der Waals surface area contributed by atoms with Crippen LogP contribution in [-0.4, -0.2) is 13.1 Å². The van der Waals surface area contributed by atoms with E-state index >= 15 is 0 Å². The molecule has 1 aliphatic rings. The van der Waals surface area contributed by atoms with E-state index in [0.717, 1.165) is 17.7 Å². The SMILES string of the molecule is COC(=O)[C@@H]1Cc2cccc(N)c2C1.Cl. The monoisotopic (exact) mass is 227 g/mol. The molecule has 2 N–H and O–H groups in total. The Kier molecular flexibility index (Phi) is 3.58. The molecule has 0 saturated carbocycles. The number of nitrogens with two attached hydrogens (primary N) is 1. The number of nitrogen functional groups attached to an aromatic ring is 1. The summed E-state index contributed by atoms with van der Waals surface area (Å²) >= 11 is 0. The van der Waals surface area contributed by atoms with Gasteiger partial charge in [0, 0.05) is 5.69 Å². The molecule has 0 radical (unpaired) electrons. The molecule has 0 heterocycles. The number of hydrogen-bond donors (Lipinski definition) is 1. The number of carbonyl (C=O) groups excluding carboxylic acids is 1. The fraction of sp³-hybridized carbons (Fsp3) is 0.364. The smallest absolute Gasteiger partial charge is 0.309 e. The molecule has 3 nitrogen and oxygen atoms in total. The molecule has 0 bridgehead atoms. The molecule has 0 fully saturated rings. The third-order valence-electron chi connectivity index (χ3n) is 2.76. The van der Waals surface area contributed by atoms with Gasteiger partial charge in [-0.2, -0.15) is 0 Å². The number of hydrogen-bond acceptors (Lipinski definition) is 3. The van der Waals surface area contributed by atoms with E-state index in [1.807, 2.05) is 18.2 Å². The molecule has 1 atom stereocenters. The van der Waals surface area contributed by atoms with Crippen LogP contribution in [0.15, 0.2) is 18.2 Å². The highest BCUT2D eigenvalue weighted by atomic mass is 35.5. The fourth-order valence-electron chi connectivity index (χ4n) is 2.01. The zero-order valence-electron chi connectivity index (χ0n) is 8.53. The summed E-state index contributed by atoms with van der Waals surface area (Å²) in [6.45, 7) is 0. The van der Waals surface area contributed by atoms with Gasteiger partial charge in [-0.05, 0) is 30.0 Å². The topological polar surface area (TPSA) is 52.3 Å². The van der Waals surface area contributed by atoms with E-state index in [1.165, 1.54) is 12.7 Å². The van der Waals surface area contributed by atoms with Crippen LogP contribution in [0.3, 0.4) is 0 Å². The summed E-state index contributed by atoms with van der Waals surface area (Å²) in [5.74, 6) is -0.180. The van der Waals surface area contributed by atoms with Gasteiger partial charge in [0.15, 0.2) is 0 Å². The Balaban J connectivity index is 0.00000112. The highest BCUT2D eigenvalue weighted by molar-refractivity contribution is 5.85. The van der Waals surface area contributed by atoms with Gasteiger partial charge in [0.2, 0.25) is 0 Å². The number of benzene rings is 1. The Morgan fingerprint density at radius 3 is 2.80 bits per heavy atom. The van der Waals surface area contributed by atoms with Crippen molar-refractivity contribution >= 4 is 24.1 Å². The van der Waals surface area contributed by atoms with Crippen molar-refractivity contribution in [1.82, 2.24) is 0 Å². The Labute approximate surface area is 95.0 Å². The van der Waals surface area contributed by atoms with Crippen molar-refractivity contribution in [2.75, 3.05) is 12.8 Å². The molecular weight excluding hydrogens is 214 g/mol. The van der Waals surface area contributed by atoms with Gasteiger partial charge in [-0.1, -0.05) is 12.1 Å². The number of methoxy groups -OCH3 is 1. The molecular formula is C11H14ClNO2. The predicted octanol–water partition coefficient (Wildman–Crippen LogP) is 1.58. The number of halogens is 1. The highest BCUT2D eigenvalue weighted by Crippen LogP contribution is 2.31. The van der Waals surface area contributed by atoms with Gasteiger partial charge in [-0.3, -0.25) is 4.79 Å². The second kappa shape index (κ2) is 4.53. The van der Waals surface area contributed by atoms with Crippen LogP contribution in [0.1, 0.15) is 11.1 Å². The molecule has 82 valence electrons. The average Bonchev–Trinajstić information content (AvgIpc) is 2.62. The Morgan fingerprint density at radius 1 is 1.47 bits per heavy atom. The van der Waals surface area contributed by atoms with Gasteiger partial charge < -0.3 is 10.5 Å². The highest BCUT2D eigenvalue weighted by Gasteiger charge is 2.28. The number of anilines is 1. The first kappa shape index (κ1) is 11.9. The summed E-state index contributed by atoms with van der Waals surface area (Å²) in [5, 5.41) is 0. The second-order valence-electron chi connectivity index (χ2n) is 3.61. The summed E-state index contributed by atoms with van der Waals surface area (Å²) < 4.78 is 4.73. The molecule has 0 spiro atoms. The first-order valence-corrected chi connectivity index (χ1v) is 4.66. The molecule has 1 aromatic carbocycles. The lowest BCUT2D eigenvalue weighted by Gasteiger charge is -2.04. The molecule has 0 saturated heterocycles. The van der Waals surface area contributed by atoms with Crippen molar-refractivity contribution < 1.29 is 9.53 Å². The van der Waals surface area contributed by atoms with E-state index in [2.05, 4.69) is 0 Å². The van der Waals surface area contributed by atoms with Gasteiger partial charge in [0.1, 0.15) is 0 Å². The van der Waals surface area contributed by atoms with Crippen LogP contribution in [0.5, 0.6) is 0 Å². The number of ether oxygens (including phenoxy) is 1. The summed E-state index contributed by atoms with van der Waals surface area (Å²) in [7, 11) is 1.43. The van der Waals surface area contributed by atoms with Crippen LogP contribution < -0.4 is 5.73 Å². The van der Waals surface area contributed by atoms with E-state index < -0.39 is 0 Å². The number of rotatable bonds is 1. The van der Waals surface area contributed by atoms with Crippen LogP contribution in [0, 0.1) is 5.92 Å². The molecule has 4 heteroatoms. The standard InChI is InChI=1S/C11H13NO2.ClH/c1-14-11(13)8-5-7-3-2-4-10(12)9(7)6-8;/h2-4,8H,5-6,12H2,1H3;1H/t8-;/m1./s1. The van der Waals surface area contributed by atoms with E-state index in [1.54, 1.807) is 0 Å². The first-order chi connectivity index (χ1) is 6.72. The molecule has 0 amide bonds. The molecule has 0 aromatic heterocycles. The van der Waals surface area contributed by atoms with Crippen LogP contribution in [-0.2, 0) is 22.4 Å². The summed E-state index contributed by atoms with van der Waals surface area (Å²) in [5.41, 5.74) is 8.90. The minimum atomic E-state index is -0.138. The predicted molar refractivity (Wildman–Crippen MR) is 61.0 cm³/mol. The third-order valence-corrected chi connectivity index (χ3v) is 2.76. The summed E-state index contributed by atoms with van der Waals surface area (Å²) in [6.07, 6.45) is 1.47. The zero-order valence-corrected chi connectivity index (χ0v) is 9.34.